The fraction of sp³-hybridized carbons (Fsp3) is 0.176. The monoisotopic (exact) mass is 359 g/mol. The number of ether oxygens (including phenoxy) is 1. The van der Waals surface area contributed by atoms with Gasteiger partial charge in [-0.1, -0.05) is 12.1 Å². The molecule has 0 aromatic heterocycles. The van der Waals surface area contributed by atoms with E-state index in [0.29, 0.717) is 11.4 Å². The Balaban J connectivity index is 2.08. The normalized spacial score (nSPS) is 10.6. The van der Waals surface area contributed by atoms with Crippen molar-refractivity contribution >= 4 is 27.5 Å². The second-order valence-corrected chi connectivity index (χ2v) is 6.69. The van der Waals surface area contributed by atoms with Crippen LogP contribution in [0.4, 0.5) is 16.2 Å². The summed E-state index contributed by atoms with van der Waals surface area (Å²) in [5.74, 6) is 0. The number of carbonyl (C=O) groups is 1. The van der Waals surface area contributed by atoms with Crippen molar-refractivity contribution in [2.24, 2.45) is 0 Å². The Morgan fingerprint density at radius 2 is 1.68 bits per heavy atom. The number of benzene rings is 2. The van der Waals surface area contributed by atoms with Crippen molar-refractivity contribution in [3.63, 3.8) is 0 Å². The molecular formula is C17H17N3O4S. The molecule has 0 aliphatic carbocycles. The van der Waals surface area contributed by atoms with Crippen LogP contribution in [-0.2, 0) is 21.2 Å². The number of nitriles is 1. The standard InChI is InChI=1S/C17H17N3O4S/c1-2-24-17(21)19-14-7-9-16(10-8-14)25(22,23)20-15-5-3-13(4-6-15)11-12-18/h3-10,20H,2,11H2,1H3,(H,19,21). The molecule has 0 bridgehead atoms. The van der Waals surface area contributed by atoms with Gasteiger partial charge in [0.1, 0.15) is 0 Å². The zero-order chi connectivity index (χ0) is 18.3. The summed E-state index contributed by atoms with van der Waals surface area (Å²) in [6, 6.07) is 14.3. The second-order valence-electron chi connectivity index (χ2n) is 5.01. The predicted octanol–water partition coefficient (Wildman–Crippen LogP) is 3.12. The van der Waals surface area contributed by atoms with E-state index in [1.165, 1.54) is 24.3 Å². The summed E-state index contributed by atoms with van der Waals surface area (Å²) in [6.07, 6.45) is -0.337. The minimum absolute atomic E-state index is 0.0583. The molecule has 7 nitrogen and oxygen atoms in total. The van der Waals surface area contributed by atoms with E-state index in [-0.39, 0.29) is 17.9 Å². The van der Waals surface area contributed by atoms with Crippen LogP contribution in [0.25, 0.3) is 0 Å². The molecule has 0 radical (unpaired) electrons. The molecule has 0 fully saturated rings. The molecule has 2 aromatic rings. The average molecular weight is 359 g/mol. The molecule has 2 rings (SSSR count). The number of sulfonamides is 1. The predicted molar refractivity (Wildman–Crippen MR) is 93.7 cm³/mol. The fourth-order valence-electron chi connectivity index (χ4n) is 2.00. The summed E-state index contributed by atoms with van der Waals surface area (Å²) >= 11 is 0. The highest BCUT2D eigenvalue weighted by molar-refractivity contribution is 7.92. The number of rotatable bonds is 6. The summed E-state index contributed by atoms with van der Waals surface area (Å²) in [4.78, 5) is 11.4. The van der Waals surface area contributed by atoms with Gasteiger partial charge in [0.05, 0.1) is 24.0 Å². The molecule has 8 heteroatoms. The third-order valence-corrected chi connectivity index (χ3v) is 4.57. The molecule has 0 unspecified atom stereocenters. The van der Waals surface area contributed by atoms with Gasteiger partial charge in [0, 0.05) is 11.4 Å². The van der Waals surface area contributed by atoms with E-state index in [1.54, 1.807) is 31.2 Å². The Morgan fingerprint density at radius 1 is 1.08 bits per heavy atom. The first-order valence-electron chi connectivity index (χ1n) is 7.47. The van der Waals surface area contributed by atoms with Gasteiger partial charge in [-0.2, -0.15) is 5.26 Å². The van der Waals surface area contributed by atoms with Crippen molar-refractivity contribution in [1.29, 1.82) is 5.26 Å². The molecule has 0 aliphatic heterocycles. The highest BCUT2D eigenvalue weighted by atomic mass is 32.2. The van der Waals surface area contributed by atoms with Crippen molar-refractivity contribution in [1.82, 2.24) is 0 Å². The van der Waals surface area contributed by atoms with Crippen molar-refractivity contribution in [3.8, 4) is 6.07 Å². The highest BCUT2D eigenvalue weighted by Gasteiger charge is 2.14. The minimum Gasteiger partial charge on any atom is -0.450 e. The molecule has 0 heterocycles. The number of hydrogen-bond acceptors (Lipinski definition) is 5. The van der Waals surface area contributed by atoms with Crippen LogP contribution in [0.5, 0.6) is 0 Å². The van der Waals surface area contributed by atoms with Gasteiger partial charge in [0.15, 0.2) is 0 Å². The summed E-state index contributed by atoms with van der Waals surface area (Å²) in [5.41, 5.74) is 1.63. The number of hydrogen-bond donors (Lipinski definition) is 2. The van der Waals surface area contributed by atoms with Crippen molar-refractivity contribution in [2.75, 3.05) is 16.6 Å². The average Bonchev–Trinajstić information content (AvgIpc) is 2.57. The van der Waals surface area contributed by atoms with Gasteiger partial charge in [0.2, 0.25) is 0 Å². The van der Waals surface area contributed by atoms with Crippen LogP contribution in [0.2, 0.25) is 0 Å². The molecule has 0 atom stereocenters. The largest absolute Gasteiger partial charge is 0.450 e. The van der Waals surface area contributed by atoms with Gasteiger partial charge in [-0.15, -0.1) is 0 Å². The first-order chi connectivity index (χ1) is 11.9. The Bertz CT molecular complexity index is 870. The van der Waals surface area contributed by atoms with Gasteiger partial charge in [-0.05, 0) is 48.9 Å². The zero-order valence-electron chi connectivity index (χ0n) is 13.5. The van der Waals surface area contributed by atoms with Gasteiger partial charge >= 0.3 is 6.09 Å². The number of carbonyl (C=O) groups excluding carboxylic acids is 1. The molecule has 2 N–H and O–H groups in total. The number of nitrogens with one attached hydrogen (secondary N) is 2. The van der Waals surface area contributed by atoms with Crippen LogP contribution in [0.1, 0.15) is 12.5 Å². The van der Waals surface area contributed by atoms with E-state index in [2.05, 4.69) is 10.0 Å². The Labute approximate surface area is 146 Å². The summed E-state index contributed by atoms with van der Waals surface area (Å²) in [6.45, 7) is 1.93. The lowest BCUT2D eigenvalue weighted by molar-refractivity contribution is 0.168. The molecule has 0 saturated heterocycles. The number of anilines is 2. The maximum absolute atomic E-state index is 12.4. The third-order valence-electron chi connectivity index (χ3n) is 3.18. The van der Waals surface area contributed by atoms with E-state index in [0.717, 1.165) is 5.56 Å². The van der Waals surface area contributed by atoms with Gasteiger partial charge in [-0.3, -0.25) is 10.0 Å². The SMILES string of the molecule is CCOC(=O)Nc1ccc(S(=O)(=O)Nc2ccc(CC#N)cc2)cc1. The van der Waals surface area contributed by atoms with Crippen LogP contribution in [-0.4, -0.2) is 21.1 Å². The van der Waals surface area contributed by atoms with Crippen molar-refractivity contribution in [3.05, 3.63) is 54.1 Å². The molecule has 0 aliphatic rings. The quantitative estimate of drug-likeness (QED) is 0.824. The topological polar surface area (TPSA) is 108 Å². The van der Waals surface area contributed by atoms with Gasteiger partial charge in [-0.25, -0.2) is 13.2 Å². The Morgan fingerprint density at radius 3 is 2.24 bits per heavy atom. The van der Waals surface area contributed by atoms with E-state index in [1.807, 2.05) is 6.07 Å². The van der Waals surface area contributed by atoms with Crippen molar-refractivity contribution < 1.29 is 17.9 Å². The van der Waals surface area contributed by atoms with Gasteiger partial charge < -0.3 is 4.74 Å². The zero-order valence-corrected chi connectivity index (χ0v) is 14.3. The lowest BCUT2D eigenvalue weighted by atomic mass is 10.1. The Kier molecular flexibility index (Phi) is 5.98. The third kappa shape index (κ3) is 5.22. The summed E-state index contributed by atoms with van der Waals surface area (Å²) in [5, 5.41) is 11.1. The van der Waals surface area contributed by atoms with E-state index in [9.17, 15) is 13.2 Å². The van der Waals surface area contributed by atoms with E-state index < -0.39 is 16.1 Å². The molecule has 0 spiro atoms. The maximum atomic E-state index is 12.4. The molecule has 130 valence electrons. The second kappa shape index (κ2) is 8.17. The molecule has 2 aromatic carbocycles. The van der Waals surface area contributed by atoms with Crippen LogP contribution in [0.15, 0.2) is 53.4 Å². The molecular weight excluding hydrogens is 342 g/mol. The maximum Gasteiger partial charge on any atom is 0.411 e. The lowest BCUT2D eigenvalue weighted by Gasteiger charge is -2.10. The highest BCUT2D eigenvalue weighted by Crippen LogP contribution is 2.19. The van der Waals surface area contributed by atoms with Crippen LogP contribution >= 0.6 is 0 Å². The summed E-state index contributed by atoms with van der Waals surface area (Å²) in [7, 11) is -3.75. The number of amides is 1. The van der Waals surface area contributed by atoms with Gasteiger partial charge in [0.25, 0.3) is 10.0 Å². The summed E-state index contributed by atoms with van der Waals surface area (Å²) < 4.78 is 32.0. The van der Waals surface area contributed by atoms with Crippen molar-refractivity contribution in [2.45, 2.75) is 18.2 Å². The van der Waals surface area contributed by atoms with Crippen LogP contribution in [0, 0.1) is 11.3 Å². The molecule has 1 amide bonds. The number of nitrogens with zero attached hydrogens (tertiary/aromatic N) is 1. The van der Waals surface area contributed by atoms with Crippen LogP contribution < -0.4 is 10.0 Å². The first kappa shape index (κ1) is 18.3. The van der Waals surface area contributed by atoms with E-state index >= 15 is 0 Å². The molecule has 0 saturated carbocycles. The minimum atomic E-state index is -3.75. The lowest BCUT2D eigenvalue weighted by Crippen LogP contribution is -2.14. The van der Waals surface area contributed by atoms with Crippen LogP contribution in [0.3, 0.4) is 0 Å². The smallest absolute Gasteiger partial charge is 0.411 e. The van der Waals surface area contributed by atoms with E-state index in [4.69, 9.17) is 10.00 Å². The molecule has 25 heavy (non-hydrogen) atoms. The first-order valence-corrected chi connectivity index (χ1v) is 8.95. The Hall–Kier alpha value is -3.05. The fourth-order valence-corrected chi connectivity index (χ4v) is 3.06.